The Hall–Kier alpha value is -2.57. The molecule has 2 nitrogen and oxygen atoms in total. The average molecular weight is 439 g/mol. The van der Waals surface area contributed by atoms with Crippen LogP contribution in [0.1, 0.15) is 11.1 Å². The van der Waals surface area contributed by atoms with Crippen molar-refractivity contribution in [2.24, 2.45) is 0 Å². The van der Waals surface area contributed by atoms with E-state index in [1.54, 1.807) is 30.3 Å². The van der Waals surface area contributed by atoms with Gasteiger partial charge in [-0.05, 0) is 30.3 Å². The van der Waals surface area contributed by atoms with Crippen LogP contribution in [0.25, 0.3) is 22.2 Å². The second-order valence-corrected chi connectivity index (χ2v) is 7.32. The SMILES string of the molecule is Fc1cc(Cl)ccc1Cn1nc2c(C(F)(F)F)cccc2c1-c1cccc(Cl)c1. The molecule has 0 radical (unpaired) electrons. The molecule has 8 heteroatoms. The molecule has 0 unspecified atom stereocenters. The van der Waals surface area contributed by atoms with Crippen LogP contribution in [-0.2, 0) is 12.7 Å². The zero-order valence-corrected chi connectivity index (χ0v) is 16.2. The van der Waals surface area contributed by atoms with Gasteiger partial charge in [-0.3, -0.25) is 4.68 Å². The molecule has 4 aromatic rings. The Bertz CT molecular complexity index is 1220. The molecule has 1 aromatic heterocycles. The maximum atomic E-state index is 14.3. The second kappa shape index (κ2) is 7.35. The van der Waals surface area contributed by atoms with Gasteiger partial charge in [0.15, 0.2) is 0 Å². The highest BCUT2D eigenvalue weighted by molar-refractivity contribution is 6.31. The van der Waals surface area contributed by atoms with E-state index in [0.717, 1.165) is 12.1 Å². The molecule has 1 heterocycles. The van der Waals surface area contributed by atoms with E-state index < -0.39 is 17.6 Å². The largest absolute Gasteiger partial charge is 0.418 e. The standard InChI is InChI=1S/C21H12Cl2F4N2/c22-14-4-1-3-12(9-14)20-16-5-2-6-17(21(25,26)27)19(16)28-29(20)11-13-7-8-15(23)10-18(13)24/h1-10H,11H2. The van der Waals surface area contributed by atoms with E-state index in [1.807, 2.05) is 0 Å². The zero-order chi connectivity index (χ0) is 20.8. The van der Waals surface area contributed by atoms with Crippen molar-refractivity contribution >= 4 is 34.1 Å². The molecule has 0 aliphatic rings. The third kappa shape index (κ3) is 3.82. The summed E-state index contributed by atoms with van der Waals surface area (Å²) in [6.07, 6.45) is -4.57. The number of hydrogen-bond acceptors (Lipinski definition) is 1. The monoisotopic (exact) mass is 438 g/mol. The van der Waals surface area contributed by atoms with Crippen LogP contribution >= 0.6 is 23.2 Å². The molecule has 0 bridgehead atoms. The van der Waals surface area contributed by atoms with Crippen LogP contribution in [0, 0.1) is 5.82 Å². The summed E-state index contributed by atoms with van der Waals surface area (Å²) in [7, 11) is 0. The van der Waals surface area contributed by atoms with Gasteiger partial charge in [-0.15, -0.1) is 0 Å². The van der Waals surface area contributed by atoms with Crippen molar-refractivity contribution in [3.05, 3.63) is 87.7 Å². The second-order valence-electron chi connectivity index (χ2n) is 6.45. The number of nitrogens with zero attached hydrogens (tertiary/aromatic N) is 2. The van der Waals surface area contributed by atoms with Crippen LogP contribution in [-0.4, -0.2) is 9.78 Å². The summed E-state index contributed by atoms with van der Waals surface area (Å²) in [5.41, 5.74) is 0.189. The van der Waals surface area contributed by atoms with Gasteiger partial charge in [0.1, 0.15) is 11.3 Å². The highest BCUT2D eigenvalue weighted by atomic mass is 35.5. The average Bonchev–Trinajstić information content (AvgIpc) is 3.01. The third-order valence-electron chi connectivity index (χ3n) is 4.51. The Labute approximate surface area is 173 Å². The van der Waals surface area contributed by atoms with E-state index in [1.165, 1.54) is 22.9 Å². The lowest BCUT2D eigenvalue weighted by Crippen LogP contribution is -2.07. The van der Waals surface area contributed by atoms with Crippen molar-refractivity contribution < 1.29 is 17.6 Å². The van der Waals surface area contributed by atoms with E-state index in [9.17, 15) is 17.6 Å². The van der Waals surface area contributed by atoms with Crippen molar-refractivity contribution in [3.8, 4) is 11.3 Å². The quantitative estimate of drug-likeness (QED) is 0.308. The number of halogens is 6. The molecule has 0 saturated heterocycles. The number of hydrogen-bond donors (Lipinski definition) is 0. The molecule has 0 N–H and O–H groups in total. The fraction of sp³-hybridized carbons (Fsp3) is 0.0952. The Morgan fingerprint density at radius 3 is 2.31 bits per heavy atom. The number of alkyl halides is 3. The summed E-state index contributed by atoms with van der Waals surface area (Å²) in [6, 6.07) is 14.7. The van der Waals surface area contributed by atoms with Crippen LogP contribution < -0.4 is 0 Å². The lowest BCUT2D eigenvalue weighted by atomic mass is 10.0. The number of fused-ring (bicyclic) bond motifs is 1. The first-order chi connectivity index (χ1) is 13.7. The Balaban J connectivity index is 1.98. The van der Waals surface area contributed by atoms with E-state index in [-0.39, 0.29) is 22.6 Å². The molecule has 0 atom stereocenters. The number of rotatable bonds is 3. The molecule has 4 rings (SSSR count). The van der Waals surface area contributed by atoms with Gasteiger partial charge in [0.2, 0.25) is 0 Å². The van der Waals surface area contributed by atoms with E-state index in [2.05, 4.69) is 5.10 Å². The van der Waals surface area contributed by atoms with Crippen LogP contribution in [0.3, 0.4) is 0 Å². The minimum atomic E-state index is -4.57. The molecule has 0 aliphatic carbocycles. The fourth-order valence-corrected chi connectivity index (χ4v) is 3.60. The molecule has 0 fully saturated rings. The predicted molar refractivity (Wildman–Crippen MR) is 106 cm³/mol. The van der Waals surface area contributed by atoms with Gasteiger partial charge in [-0.25, -0.2) is 4.39 Å². The summed E-state index contributed by atoms with van der Waals surface area (Å²) in [4.78, 5) is 0. The zero-order valence-electron chi connectivity index (χ0n) is 14.6. The predicted octanol–water partition coefficient (Wildman–Crippen LogP) is 7.22. The van der Waals surface area contributed by atoms with Crippen molar-refractivity contribution in [2.75, 3.05) is 0 Å². The molecular formula is C21H12Cl2F4N2. The first-order valence-corrected chi connectivity index (χ1v) is 9.26. The number of benzene rings is 3. The highest BCUT2D eigenvalue weighted by Crippen LogP contribution is 2.38. The molecular weight excluding hydrogens is 427 g/mol. The van der Waals surface area contributed by atoms with E-state index in [4.69, 9.17) is 23.2 Å². The minimum absolute atomic E-state index is 0.0726. The Morgan fingerprint density at radius 1 is 0.897 bits per heavy atom. The van der Waals surface area contributed by atoms with Crippen molar-refractivity contribution in [2.45, 2.75) is 12.7 Å². The van der Waals surface area contributed by atoms with Crippen molar-refractivity contribution in [3.63, 3.8) is 0 Å². The van der Waals surface area contributed by atoms with Gasteiger partial charge in [0.05, 0.1) is 17.8 Å². The molecule has 0 saturated carbocycles. The van der Waals surface area contributed by atoms with E-state index in [0.29, 0.717) is 21.7 Å². The normalized spacial score (nSPS) is 11.9. The smallest absolute Gasteiger partial charge is 0.259 e. The molecule has 29 heavy (non-hydrogen) atoms. The van der Waals surface area contributed by atoms with Gasteiger partial charge in [-0.1, -0.05) is 53.5 Å². The third-order valence-corrected chi connectivity index (χ3v) is 4.98. The van der Waals surface area contributed by atoms with Crippen LogP contribution in [0.15, 0.2) is 60.7 Å². The summed E-state index contributed by atoms with van der Waals surface area (Å²) in [5, 5.41) is 5.15. The summed E-state index contributed by atoms with van der Waals surface area (Å²) in [5.74, 6) is -0.565. The van der Waals surface area contributed by atoms with Crippen molar-refractivity contribution in [1.82, 2.24) is 9.78 Å². The lowest BCUT2D eigenvalue weighted by Gasteiger charge is -2.10. The highest BCUT2D eigenvalue weighted by Gasteiger charge is 2.34. The van der Waals surface area contributed by atoms with Crippen LogP contribution in [0.5, 0.6) is 0 Å². The van der Waals surface area contributed by atoms with Gasteiger partial charge in [0.25, 0.3) is 0 Å². The first-order valence-electron chi connectivity index (χ1n) is 8.50. The van der Waals surface area contributed by atoms with Gasteiger partial charge in [-0.2, -0.15) is 18.3 Å². The lowest BCUT2D eigenvalue weighted by molar-refractivity contribution is -0.136. The molecule has 0 amide bonds. The van der Waals surface area contributed by atoms with Gasteiger partial charge in [0, 0.05) is 26.6 Å². The summed E-state index contributed by atoms with van der Waals surface area (Å²) >= 11 is 11.9. The van der Waals surface area contributed by atoms with Gasteiger partial charge >= 0.3 is 6.18 Å². The Morgan fingerprint density at radius 2 is 1.62 bits per heavy atom. The van der Waals surface area contributed by atoms with Crippen LogP contribution in [0.4, 0.5) is 17.6 Å². The van der Waals surface area contributed by atoms with E-state index >= 15 is 0 Å². The van der Waals surface area contributed by atoms with Crippen molar-refractivity contribution in [1.29, 1.82) is 0 Å². The van der Waals surface area contributed by atoms with Crippen LogP contribution in [0.2, 0.25) is 10.0 Å². The summed E-state index contributed by atoms with van der Waals surface area (Å²) in [6.45, 7) is -0.0726. The maximum Gasteiger partial charge on any atom is 0.418 e. The molecule has 3 aromatic carbocycles. The summed E-state index contributed by atoms with van der Waals surface area (Å²) < 4.78 is 56.2. The topological polar surface area (TPSA) is 17.8 Å². The maximum absolute atomic E-state index is 14.3. The minimum Gasteiger partial charge on any atom is -0.259 e. The molecule has 0 spiro atoms. The van der Waals surface area contributed by atoms with Gasteiger partial charge < -0.3 is 0 Å². The molecule has 148 valence electrons. The fourth-order valence-electron chi connectivity index (χ4n) is 3.25. The number of aromatic nitrogens is 2. The molecule has 0 aliphatic heterocycles. The first kappa shape index (κ1) is 19.7. The Kier molecular flexibility index (Phi) is 5.00.